The summed E-state index contributed by atoms with van der Waals surface area (Å²) in [6.07, 6.45) is -0.560. The average Bonchev–Trinajstić information content (AvgIpc) is 2.29. The van der Waals surface area contributed by atoms with Gasteiger partial charge in [0.2, 0.25) is 0 Å². The van der Waals surface area contributed by atoms with Gasteiger partial charge in [0.15, 0.2) is 0 Å². The monoisotopic (exact) mass is 241 g/mol. The fourth-order valence-corrected chi connectivity index (χ4v) is 0.902. The van der Waals surface area contributed by atoms with Crippen molar-refractivity contribution >= 4 is 11.7 Å². The summed E-state index contributed by atoms with van der Waals surface area (Å²) < 4.78 is 0. The molecule has 1 atom stereocenters. The molecule has 3 N–H and O–H groups in total. The zero-order chi connectivity index (χ0) is 13.4. The first-order chi connectivity index (χ1) is 7.88. The van der Waals surface area contributed by atoms with E-state index >= 15 is 0 Å². The number of aliphatic hydroxyl groups is 2. The largest absolute Gasteiger partial charge is 0.478 e. The van der Waals surface area contributed by atoms with Gasteiger partial charge in [-0.2, -0.15) is 0 Å². The van der Waals surface area contributed by atoms with Crippen molar-refractivity contribution in [2.45, 2.75) is 13.0 Å². The third-order valence-corrected chi connectivity index (χ3v) is 1.89. The van der Waals surface area contributed by atoms with Crippen molar-refractivity contribution in [2.75, 3.05) is 25.6 Å². The van der Waals surface area contributed by atoms with E-state index < -0.39 is 12.1 Å². The van der Waals surface area contributed by atoms with E-state index in [9.17, 15) is 4.79 Å². The molecule has 0 aromatic heterocycles. The Hall–Kier alpha value is -1.59. The molecule has 1 aromatic rings. The van der Waals surface area contributed by atoms with Crippen LogP contribution in [-0.2, 0) is 0 Å². The highest BCUT2D eigenvalue weighted by atomic mass is 16.4. The average molecular weight is 241 g/mol. The number of hydrogen-bond acceptors (Lipinski definition) is 4. The Kier molecular flexibility index (Phi) is 6.93. The summed E-state index contributed by atoms with van der Waals surface area (Å²) in [5.74, 6) is -0.889. The fourth-order valence-electron chi connectivity index (χ4n) is 0.902. The minimum atomic E-state index is -0.889. The molecular weight excluding hydrogens is 222 g/mol. The second-order valence-electron chi connectivity index (χ2n) is 3.78. The third kappa shape index (κ3) is 6.55. The van der Waals surface area contributed by atoms with Crippen LogP contribution in [0.3, 0.4) is 0 Å². The summed E-state index contributed by atoms with van der Waals surface area (Å²) in [4.78, 5) is 12.4. The van der Waals surface area contributed by atoms with Crippen molar-refractivity contribution in [1.29, 1.82) is 0 Å². The van der Waals surface area contributed by atoms with E-state index in [2.05, 4.69) is 0 Å². The zero-order valence-electron chi connectivity index (χ0n) is 10.3. The number of rotatable bonds is 3. The molecule has 17 heavy (non-hydrogen) atoms. The molecule has 0 bridgehead atoms. The first-order valence-electron chi connectivity index (χ1n) is 5.18. The number of carboxylic acids is 1. The molecule has 5 nitrogen and oxygen atoms in total. The lowest BCUT2D eigenvalue weighted by Gasteiger charge is -2.11. The van der Waals surface area contributed by atoms with Gasteiger partial charge in [-0.3, -0.25) is 0 Å². The second kappa shape index (κ2) is 7.65. The van der Waals surface area contributed by atoms with Crippen LogP contribution in [0.4, 0.5) is 5.69 Å². The molecule has 0 saturated heterocycles. The Balaban J connectivity index is 0.000000437. The Morgan fingerprint density at radius 2 is 1.71 bits per heavy atom. The molecule has 0 radical (unpaired) electrons. The number of aliphatic hydroxyl groups excluding tert-OH is 2. The predicted octanol–water partition coefficient (Wildman–Crippen LogP) is 0.810. The summed E-state index contributed by atoms with van der Waals surface area (Å²) in [7, 11) is 3.82. The van der Waals surface area contributed by atoms with Gasteiger partial charge in [-0.1, -0.05) is 0 Å². The highest BCUT2D eigenvalue weighted by Crippen LogP contribution is 2.11. The van der Waals surface area contributed by atoms with Crippen LogP contribution in [0.15, 0.2) is 24.3 Å². The number of benzene rings is 1. The van der Waals surface area contributed by atoms with Crippen molar-refractivity contribution in [3.8, 4) is 0 Å². The summed E-state index contributed by atoms with van der Waals surface area (Å²) in [6, 6.07) is 6.75. The Bertz CT molecular complexity index is 333. The van der Waals surface area contributed by atoms with Crippen LogP contribution in [0.2, 0.25) is 0 Å². The molecule has 0 aliphatic heterocycles. The quantitative estimate of drug-likeness (QED) is 0.729. The Morgan fingerprint density at radius 1 is 1.29 bits per heavy atom. The van der Waals surface area contributed by atoms with Gasteiger partial charge in [0, 0.05) is 19.8 Å². The number of aromatic carboxylic acids is 1. The van der Waals surface area contributed by atoms with Crippen LogP contribution in [0.5, 0.6) is 0 Å². The van der Waals surface area contributed by atoms with Crippen LogP contribution in [0, 0.1) is 0 Å². The Morgan fingerprint density at radius 3 is 1.94 bits per heavy atom. The lowest BCUT2D eigenvalue weighted by atomic mass is 10.2. The minimum Gasteiger partial charge on any atom is -0.478 e. The van der Waals surface area contributed by atoms with E-state index in [0.717, 1.165) is 5.69 Å². The van der Waals surface area contributed by atoms with E-state index in [-0.39, 0.29) is 6.61 Å². The van der Waals surface area contributed by atoms with E-state index in [1.165, 1.54) is 6.92 Å². The van der Waals surface area contributed by atoms with Crippen molar-refractivity contribution in [3.63, 3.8) is 0 Å². The summed E-state index contributed by atoms with van der Waals surface area (Å²) in [5, 5.41) is 24.6. The van der Waals surface area contributed by atoms with E-state index in [1.54, 1.807) is 24.3 Å². The number of nitrogens with zero attached hydrogens (tertiary/aromatic N) is 1. The molecule has 96 valence electrons. The number of hydrogen-bond donors (Lipinski definition) is 3. The SMILES string of the molecule is CC(O)CO.CN(C)c1ccc(C(=O)O)cc1. The minimum absolute atomic E-state index is 0.139. The topological polar surface area (TPSA) is 81.0 Å². The molecule has 0 saturated carbocycles. The maximum absolute atomic E-state index is 10.5. The Labute approximate surface area is 101 Å². The lowest BCUT2D eigenvalue weighted by Crippen LogP contribution is -2.08. The summed E-state index contributed by atoms with van der Waals surface area (Å²) >= 11 is 0. The lowest BCUT2D eigenvalue weighted by molar-refractivity contribution is 0.0697. The molecule has 0 aliphatic carbocycles. The molecule has 0 amide bonds. The van der Waals surface area contributed by atoms with Crippen LogP contribution in [0.1, 0.15) is 17.3 Å². The smallest absolute Gasteiger partial charge is 0.335 e. The number of carboxylic acid groups (broad SMARTS) is 1. The van der Waals surface area contributed by atoms with E-state index in [4.69, 9.17) is 15.3 Å². The van der Waals surface area contributed by atoms with E-state index in [1.807, 2.05) is 19.0 Å². The van der Waals surface area contributed by atoms with Gasteiger partial charge in [-0.05, 0) is 31.2 Å². The summed E-state index contributed by atoms with van der Waals surface area (Å²) in [5.41, 5.74) is 1.32. The maximum Gasteiger partial charge on any atom is 0.335 e. The van der Waals surface area contributed by atoms with Gasteiger partial charge in [0.05, 0.1) is 18.3 Å². The number of carbonyl (C=O) groups is 1. The highest BCUT2D eigenvalue weighted by molar-refractivity contribution is 5.88. The third-order valence-electron chi connectivity index (χ3n) is 1.89. The van der Waals surface area contributed by atoms with Crippen molar-refractivity contribution < 1.29 is 20.1 Å². The normalized spacial score (nSPS) is 11.1. The van der Waals surface area contributed by atoms with Crippen LogP contribution < -0.4 is 4.90 Å². The first-order valence-corrected chi connectivity index (χ1v) is 5.18. The van der Waals surface area contributed by atoms with Gasteiger partial charge in [-0.25, -0.2) is 4.79 Å². The van der Waals surface area contributed by atoms with Gasteiger partial charge >= 0.3 is 5.97 Å². The van der Waals surface area contributed by atoms with E-state index in [0.29, 0.717) is 5.56 Å². The molecule has 0 fully saturated rings. The molecule has 1 unspecified atom stereocenters. The molecule has 0 spiro atoms. The van der Waals surface area contributed by atoms with Crippen molar-refractivity contribution in [1.82, 2.24) is 0 Å². The van der Waals surface area contributed by atoms with Gasteiger partial charge in [-0.15, -0.1) is 0 Å². The highest BCUT2D eigenvalue weighted by Gasteiger charge is 2.01. The molecular formula is C12H19NO4. The van der Waals surface area contributed by atoms with Gasteiger partial charge in [0.25, 0.3) is 0 Å². The maximum atomic E-state index is 10.5. The standard InChI is InChI=1S/C9H11NO2.C3H8O2/c1-10(2)8-5-3-7(4-6-8)9(11)12;1-3(5)2-4/h3-6H,1-2H3,(H,11,12);3-5H,2H2,1H3. The molecule has 1 aromatic carbocycles. The molecule has 0 aliphatic rings. The second-order valence-corrected chi connectivity index (χ2v) is 3.78. The predicted molar refractivity (Wildman–Crippen MR) is 66.5 cm³/mol. The van der Waals surface area contributed by atoms with Gasteiger partial charge in [0.1, 0.15) is 0 Å². The van der Waals surface area contributed by atoms with Gasteiger partial charge < -0.3 is 20.2 Å². The fraction of sp³-hybridized carbons (Fsp3) is 0.417. The van der Waals surface area contributed by atoms with Crippen LogP contribution in [0.25, 0.3) is 0 Å². The molecule has 1 rings (SSSR count). The molecule has 0 heterocycles. The first kappa shape index (κ1) is 15.4. The van der Waals surface area contributed by atoms with Crippen molar-refractivity contribution in [2.24, 2.45) is 0 Å². The number of anilines is 1. The van der Waals surface area contributed by atoms with Crippen molar-refractivity contribution in [3.05, 3.63) is 29.8 Å². The van der Waals surface area contributed by atoms with Crippen LogP contribution >= 0.6 is 0 Å². The molecule has 5 heteroatoms. The van der Waals surface area contributed by atoms with Crippen LogP contribution in [-0.4, -0.2) is 48.1 Å². The zero-order valence-corrected chi connectivity index (χ0v) is 10.3. The summed E-state index contributed by atoms with van der Waals surface area (Å²) in [6.45, 7) is 1.39.